The number of aromatic nitrogens is 1. The molecule has 0 fully saturated rings. The van der Waals surface area contributed by atoms with Crippen LogP contribution >= 0.6 is 0 Å². The number of para-hydroxylation sites is 1. The SMILES string of the molecule is Cc1ccc(S(=O)(=O)N(CC(=O)N/N=C\c2cc(C)n(-c3ccccc3C)c2C)c2ccc(F)cc2)cc1. The lowest BCUT2D eigenvalue weighted by molar-refractivity contribution is -0.119. The Labute approximate surface area is 222 Å². The van der Waals surface area contributed by atoms with Crippen molar-refractivity contribution in [1.82, 2.24) is 9.99 Å². The van der Waals surface area contributed by atoms with Crippen LogP contribution in [0.25, 0.3) is 5.69 Å². The fraction of sp³-hybridized carbons (Fsp3) is 0.172. The second kappa shape index (κ2) is 11.0. The molecule has 0 aliphatic carbocycles. The van der Waals surface area contributed by atoms with Crippen LogP contribution in [0.1, 0.15) is 28.1 Å². The van der Waals surface area contributed by atoms with Crippen molar-refractivity contribution in [2.75, 3.05) is 10.8 Å². The Balaban J connectivity index is 1.56. The van der Waals surface area contributed by atoms with Gasteiger partial charge in [-0.15, -0.1) is 0 Å². The van der Waals surface area contributed by atoms with Crippen LogP contribution in [0.4, 0.5) is 10.1 Å². The van der Waals surface area contributed by atoms with Gasteiger partial charge in [-0.2, -0.15) is 5.10 Å². The molecule has 7 nitrogen and oxygen atoms in total. The maximum atomic E-state index is 13.5. The average Bonchev–Trinajstić information content (AvgIpc) is 3.16. The third-order valence-corrected chi connectivity index (χ3v) is 8.02. The standard InChI is InChI=1S/C29H29FN4O3S/c1-20-9-15-27(16-10-20)38(36,37)33(26-13-11-25(30)12-14-26)19-29(35)32-31-18-24-17-22(3)34(23(24)4)28-8-6-5-7-21(28)2/h5-18H,19H2,1-4H3,(H,32,35)/b31-18-. The van der Waals surface area contributed by atoms with Crippen molar-refractivity contribution in [3.05, 3.63) is 113 Å². The maximum Gasteiger partial charge on any atom is 0.264 e. The summed E-state index contributed by atoms with van der Waals surface area (Å²) < 4.78 is 43.4. The molecule has 0 saturated heterocycles. The molecule has 0 unspecified atom stereocenters. The molecule has 1 aromatic heterocycles. The van der Waals surface area contributed by atoms with Crippen molar-refractivity contribution in [3.63, 3.8) is 0 Å². The van der Waals surface area contributed by atoms with Gasteiger partial charge in [0.2, 0.25) is 0 Å². The predicted molar refractivity (Wildman–Crippen MR) is 148 cm³/mol. The highest BCUT2D eigenvalue weighted by Gasteiger charge is 2.27. The van der Waals surface area contributed by atoms with Gasteiger partial charge in [-0.05, 0) is 81.8 Å². The Hall–Kier alpha value is -4.24. The summed E-state index contributed by atoms with van der Waals surface area (Å²) in [6, 6.07) is 21.2. The van der Waals surface area contributed by atoms with E-state index in [0.717, 1.165) is 50.2 Å². The van der Waals surface area contributed by atoms with Crippen molar-refractivity contribution in [3.8, 4) is 5.69 Å². The van der Waals surface area contributed by atoms with Gasteiger partial charge in [-0.25, -0.2) is 18.2 Å². The summed E-state index contributed by atoms with van der Waals surface area (Å²) in [5, 5.41) is 4.08. The van der Waals surface area contributed by atoms with Gasteiger partial charge in [0.25, 0.3) is 15.9 Å². The number of rotatable bonds is 8. The first-order valence-corrected chi connectivity index (χ1v) is 13.4. The summed E-state index contributed by atoms with van der Waals surface area (Å²) in [5.74, 6) is -1.16. The minimum atomic E-state index is -4.10. The van der Waals surface area contributed by atoms with Crippen molar-refractivity contribution in [2.24, 2.45) is 5.10 Å². The number of sulfonamides is 1. The summed E-state index contributed by atoms with van der Waals surface area (Å²) in [7, 11) is -4.10. The highest BCUT2D eigenvalue weighted by Crippen LogP contribution is 2.25. The first kappa shape index (κ1) is 26.8. The van der Waals surface area contributed by atoms with Crippen LogP contribution < -0.4 is 9.73 Å². The van der Waals surface area contributed by atoms with Crippen LogP contribution in [0, 0.1) is 33.5 Å². The molecule has 1 heterocycles. The Kier molecular flexibility index (Phi) is 7.78. The normalized spacial score (nSPS) is 11.6. The smallest absolute Gasteiger partial charge is 0.264 e. The van der Waals surface area contributed by atoms with Gasteiger partial charge in [-0.1, -0.05) is 35.9 Å². The number of carbonyl (C=O) groups excluding carboxylic acids is 1. The molecule has 0 bridgehead atoms. The monoisotopic (exact) mass is 532 g/mol. The zero-order valence-corrected chi connectivity index (χ0v) is 22.5. The molecule has 3 aromatic carbocycles. The topological polar surface area (TPSA) is 83.8 Å². The molecule has 4 aromatic rings. The van der Waals surface area contributed by atoms with Crippen LogP contribution in [0.15, 0.2) is 88.9 Å². The number of nitrogens with zero attached hydrogens (tertiary/aromatic N) is 3. The van der Waals surface area contributed by atoms with Gasteiger partial charge in [0.1, 0.15) is 12.4 Å². The summed E-state index contributed by atoms with van der Waals surface area (Å²) in [5.41, 5.74) is 8.44. The molecule has 0 atom stereocenters. The number of amides is 1. The zero-order valence-electron chi connectivity index (χ0n) is 21.6. The Morgan fingerprint density at radius 3 is 2.29 bits per heavy atom. The molecular weight excluding hydrogens is 503 g/mol. The van der Waals surface area contributed by atoms with Crippen molar-refractivity contribution in [2.45, 2.75) is 32.6 Å². The average molecular weight is 533 g/mol. The molecule has 1 N–H and O–H groups in total. The van der Waals surface area contributed by atoms with E-state index in [2.05, 4.69) is 15.1 Å². The second-order valence-electron chi connectivity index (χ2n) is 9.04. The molecule has 0 saturated carbocycles. The summed E-state index contributed by atoms with van der Waals surface area (Å²) >= 11 is 0. The number of hydrogen-bond acceptors (Lipinski definition) is 4. The van der Waals surface area contributed by atoms with Crippen LogP contribution in [0.3, 0.4) is 0 Å². The molecule has 0 radical (unpaired) electrons. The molecule has 196 valence electrons. The Bertz CT molecular complexity index is 1590. The first-order chi connectivity index (χ1) is 18.1. The van der Waals surface area contributed by atoms with Gasteiger partial charge >= 0.3 is 0 Å². The molecule has 9 heteroatoms. The first-order valence-electron chi connectivity index (χ1n) is 12.0. The van der Waals surface area contributed by atoms with Gasteiger partial charge in [-0.3, -0.25) is 9.10 Å². The van der Waals surface area contributed by atoms with Gasteiger partial charge < -0.3 is 4.57 Å². The maximum absolute atomic E-state index is 13.5. The third kappa shape index (κ3) is 5.68. The van der Waals surface area contributed by atoms with E-state index in [-0.39, 0.29) is 10.6 Å². The highest BCUT2D eigenvalue weighted by atomic mass is 32.2. The van der Waals surface area contributed by atoms with E-state index in [4.69, 9.17) is 0 Å². The molecule has 4 rings (SSSR count). The number of nitrogens with one attached hydrogen (secondary N) is 1. The number of anilines is 1. The fourth-order valence-corrected chi connectivity index (χ4v) is 5.62. The van der Waals surface area contributed by atoms with Crippen LogP contribution in [-0.4, -0.2) is 31.7 Å². The molecule has 1 amide bonds. The summed E-state index contributed by atoms with van der Waals surface area (Å²) in [6.07, 6.45) is 1.53. The van der Waals surface area contributed by atoms with E-state index >= 15 is 0 Å². The van der Waals surface area contributed by atoms with Crippen molar-refractivity contribution < 1.29 is 17.6 Å². The predicted octanol–water partition coefficient (Wildman–Crippen LogP) is 5.20. The number of hydrogen-bond donors (Lipinski definition) is 1. The quantitative estimate of drug-likeness (QED) is 0.250. The van der Waals surface area contributed by atoms with E-state index < -0.39 is 28.3 Å². The fourth-order valence-electron chi connectivity index (χ4n) is 4.20. The zero-order chi connectivity index (χ0) is 27.4. The van der Waals surface area contributed by atoms with E-state index in [1.165, 1.54) is 30.5 Å². The molecule has 38 heavy (non-hydrogen) atoms. The Morgan fingerprint density at radius 2 is 1.63 bits per heavy atom. The highest BCUT2D eigenvalue weighted by molar-refractivity contribution is 7.92. The molecule has 0 aliphatic heterocycles. The van der Waals surface area contributed by atoms with Crippen LogP contribution in [0.5, 0.6) is 0 Å². The van der Waals surface area contributed by atoms with Gasteiger partial charge in [0.15, 0.2) is 0 Å². The second-order valence-corrected chi connectivity index (χ2v) is 10.9. The lowest BCUT2D eigenvalue weighted by atomic mass is 10.2. The number of carbonyl (C=O) groups is 1. The van der Waals surface area contributed by atoms with E-state index in [0.29, 0.717) is 0 Å². The van der Waals surface area contributed by atoms with Gasteiger partial charge in [0.05, 0.1) is 16.8 Å². The Morgan fingerprint density at radius 1 is 0.974 bits per heavy atom. The summed E-state index contributed by atoms with van der Waals surface area (Å²) in [4.78, 5) is 12.8. The minimum absolute atomic E-state index is 0.0207. The van der Waals surface area contributed by atoms with E-state index in [1.807, 2.05) is 58.0 Å². The molecule has 0 aliphatic rings. The molecular formula is C29H29FN4O3S. The number of benzene rings is 3. The minimum Gasteiger partial charge on any atom is -0.318 e. The summed E-state index contributed by atoms with van der Waals surface area (Å²) in [6.45, 7) is 7.30. The number of hydrazone groups is 1. The van der Waals surface area contributed by atoms with E-state index in [1.54, 1.807) is 12.1 Å². The van der Waals surface area contributed by atoms with Crippen LogP contribution in [0.2, 0.25) is 0 Å². The number of aryl methyl sites for hydroxylation is 3. The largest absolute Gasteiger partial charge is 0.318 e. The van der Waals surface area contributed by atoms with Crippen molar-refractivity contribution >= 4 is 27.8 Å². The molecule has 0 spiro atoms. The lowest BCUT2D eigenvalue weighted by Gasteiger charge is -2.23. The third-order valence-electron chi connectivity index (χ3n) is 6.23. The van der Waals surface area contributed by atoms with Crippen LogP contribution in [-0.2, 0) is 14.8 Å². The van der Waals surface area contributed by atoms with Gasteiger partial charge in [0, 0.05) is 22.6 Å². The number of halogens is 1. The lowest BCUT2D eigenvalue weighted by Crippen LogP contribution is -2.39. The van der Waals surface area contributed by atoms with Crippen molar-refractivity contribution in [1.29, 1.82) is 0 Å². The van der Waals surface area contributed by atoms with E-state index in [9.17, 15) is 17.6 Å².